The standard InChI is InChI=1S/C28H51NO6S/c1-6-8-9-10-11-12-13-14-15-16-18-21(3)25(23(31)19-17-20-24(32)33)36-28(5,7-2)26(27(34)35)29-22(4)30/h17,20-21,23,25-26,31H,6-16,18-19H2,1-5H3,(H,29,30)(H,32,33)(H,34,35)/t21?,23-,25-,26+,28+/m0/s1. The van der Waals surface area contributed by atoms with Crippen LogP contribution >= 0.6 is 11.8 Å². The zero-order chi connectivity index (χ0) is 27.6. The van der Waals surface area contributed by atoms with Gasteiger partial charge in [-0.2, -0.15) is 0 Å². The summed E-state index contributed by atoms with van der Waals surface area (Å²) in [5, 5.41) is 32.0. The first-order chi connectivity index (χ1) is 17.0. The van der Waals surface area contributed by atoms with Crippen LogP contribution < -0.4 is 5.32 Å². The second kappa shape index (κ2) is 19.6. The number of unbranched alkanes of at least 4 members (excludes halogenated alkanes) is 9. The number of hydrogen-bond acceptors (Lipinski definition) is 5. The van der Waals surface area contributed by atoms with Gasteiger partial charge in [-0.05, 0) is 32.1 Å². The van der Waals surface area contributed by atoms with Crippen LogP contribution in [0, 0.1) is 5.92 Å². The van der Waals surface area contributed by atoms with Crippen LogP contribution in [0.4, 0.5) is 0 Å². The number of carbonyl (C=O) groups excluding carboxylic acids is 1. The maximum Gasteiger partial charge on any atom is 0.327 e. The minimum Gasteiger partial charge on any atom is -0.480 e. The first kappa shape index (κ1) is 34.5. The molecule has 0 rings (SSSR count). The van der Waals surface area contributed by atoms with Crippen molar-refractivity contribution in [3.63, 3.8) is 0 Å². The molecule has 0 saturated carbocycles. The molecular weight excluding hydrogens is 478 g/mol. The van der Waals surface area contributed by atoms with E-state index in [2.05, 4.69) is 19.2 Å². The molecular formula is C28H51NO6S. The smallest absolute Gasteiger partial charge is 0.327 e. The van der Waals surface area contributed by atoms with E-state index in [1.54, 1.807) is 0 Å². The van der Waals surface area contributed by atoms with E-state index in [1.165, 1.54) is 76.1 Å². The van der Waals surface area contributed by atoms with E-state index >= 15 is 0 Å². The molecule has 210 valence electrons. The Morgan fingerprint density at radius 1 is 0.944 bits per heavy atom. The van der Waals surface area contributed by atoms with Crippen LogP contribution in [-0.2, 0) is 14.4 Å². The van der Waals surface area contributed by atoms with Crippen molar-refractivity contribution < 1.29 is 29.7 Å². The summed E-state index contributed by atoms with van der Waals surface area (Å²) >= 11 is 1.40. The summed E-state index contributed by atoms with van der Waals surface area (Å²) in [5.74, 6) is -2.50. The second-order valence-corrected chi connectivity index (χ2v) is 11.9. The molecule has 1 amide bonds. The van der Waals surface area contributed by atoms with Gasteiger partial charge in [-0.3, -0.25) is 4.79 Å². The number of thioether (sulfide) groups is 1. The molecule has 0 fully saturated rings. The van der Waals surface area contributed by atoms with Crippen LogP contribution in [0.25, 0.3) is 0 Å². The number of aliphatic carboxylic acids is 2. The van der Waals surface area contributed by atoms with Gasteiger partial charge in [0.15, 0.2) is 0 Å². The quantitative estimate of drug-likeness (QED) is 0.0974. The fourth-order valence-electron chi connectivity index (χ4n) is 4.48. The lowest BCUT2D eigenvalue weighted by atomic mass is 9.94. The Morgan fingerprint density at radius 2 is 1.47 bits per heavy atom. The molecule has 0 aliphatic rings. The van der Waals surface area contributed by atoms with E-state index < -0.39 is 34.7 Å². The van der Waals surface area contributed by atoms with Crippen LogP contribution in [0.5, 0.6) is 0 Å². The number of amides is 1. The van der Waals surface area contributed by atoms with Gasteiger partial charge < -0.3 is 20.6 Å². The molecule has 1 unspecified atom stereocenters. The lowest BCUT2D eigenvalue weighted by molar-refractivity contribution is -0.142. The van der Waals surface area contributed by atoms with Gasteiger partial charge in [0.2, 0.25) is 5.91 Å². The Bertz CT molecular complexity index is 670. The molecule has 0 heterocycles. The van der Waals surface area contributed by atoms with E-state index in [0.29, 0.717) is 6.42 Å². The molecule has 4 N–H and O–H groups in total. The molecule has 0 radical (unpaired) electrons. The molecule has 5 atom stereocenters. The number of carboxylic acid groups (broad SMARTS) is 2. The van der Waals surface area contributed by atoms with Crippen molar-refractivity contribution in [1.29, 1.82) is 0 Å². The molecule has 0 bridgehead atoms. The maximum atomic E-state index is 12.0. The molecule has 7 nitrogen and oxygen atoms in total. The first-order valence-electron chi connectivity index (χ1n) is 13.7. The van der Waals surface area contributed by atoms with Gasteiger partial charge >= 0.3 is 11.9 Å². The van der Waals surface area contributed by atoms with Gasteiger partial charge in [0.1, 0.15) is 6.04 Å². The van der Waals surface area contributed by atoms with Crippen molar-refractivity contribution >= 4 is 29.6 Å². The van der Waals surface area contributed by atoms with Crippen LogP contribution in [0.3, 0.4) is 0 Å². The largest absolute Gasteiger partial charge is 0.480 e. The van der Waals surface area contributed by atoms with E-state index in [9.17, 15) is 24.6 Å². The SMILES string of the molecule is CCCCCCCCCCCCC(C)[C@H](S[C@](C)(CC)[C@H](NC(C)=O)C(=O)O)[C@@H](O)CC=CC(=O)O. The van der Waals surface area contributed by atoms with Gasteiger partial charge in [0.05, 0.1) is 6.10 Å². The zero-order valence-corrected chi connectivity index (χ0v) is 23.9. The summed E-state index contributed by atoms with van der Waals surface area (Å²) < 4.78 is -0.842. The fraction of sp³-hybridized carbons (Fsp3) is 0.821. The summed E-state index contributed by atoms with van der Waals surface area (Å²) in [7, 11) is 0. The number of hydrogen-bond donors (Lipinski definition) is 4. The first-order valence-corrected chi connectivity index (χ1v) is 14.6. The average molecular weight is 530 g/mol. The summed E-state index contributed by atoms with van der Waals surface area (Å²) in [4.78, 5) is 34.6. The third-order valence-electron chi connectivity index (χ3n) is 6.90. The molecule has 0 aliphatic heterocycles. The molecule has 8 heteroatoms. The summed E-state index contributed by atoms with van der Waals surface area (Å²) in [6.45, 7) is 9.29. The minimum absolute atomic E-state index is 0.0925. The molecule has 0 aromatic heterocycles. The van der Waals surface area contributed by atoms with Crippen molar-refractivity contribution in [1.82, 2.24) is 5.32 Å². The van der Waals surface area contributed by atoms with Crippen LogP contribution in [0.2, 0.25) is 0 Å². The Labute approximate surface area is 222 Å². The van der Waals surface area contributed by atoms with E-state index in [4.69, 9.17) is 5.11 Å². The number of aliphatic hydroxyl groups excluding tert-OH is 1. The average Bonchev–Trinajstić information content (AvgIpc) is 2.81. The number of nitrogens with one attached hydrogen (secondary N) is 1. The van der Waals surface area contributed by atoms with Crippen molar-refractivity contribution in [3.8, 4) is 0 Å². The number of aliphatic hydroxyl groups is 1. The molecule has 0 saturated heterocycles. The van der Waals surface area contributed by atoms with E-state index in [1.807, 2.05) is 13.8 Å². The highest BCUT2D eigenvalue weighted by atomic mass is 32.2. The zero-order valence-electron chi connectivity index (χ0n) is 23.1. The number of carbonyl (C=O) groups is 3. The van der Waals surface area contributed by atoms with Crippen LogP contribution in [0.1, 0.15) is 118 Å². The topological polar surface area (TPSA) is 124 Å². The fourth-order valence-corrected chi connectivity index (χ4v) is 6.20. The Balaban J connectivity index is 5.16. The number of rotatable bonds is 22. The molecule has 36 heavy (non-hydrogen) atoms. The van der Waals surface area contributed by atoms with Crippen LogP contribution in [0.15, 0.2) is 12.2 Å². The normalized spacial score (nSPS) is 16.7. The predicted octanol–water partition coefficient (Wildman–Crippen LogP) is 6.19. The van der Waals surface area contributed by atoms with Crippen molar-refractivity contribution in [2.75, 3.05) is 0 Å². The lowest BCUT2D eigenvalue weighted by Crippen LogP contribution is -2.54. The Hall–Kier alpha value is -1.54. The minimum atomic E-state index is -1.11. The molecule has 0 aromatic carbocycles. The van der Waals surface area contributed by atoms with Gasteiger partial charge in [-0.15, -0.1) is 11.8 Å². The molecule has 0 spiro atoms. The van der Waals surface area contributed by atoms with Crippen molar-refractivity contribution in [2.24, 2.45) is 5.92 Å². The van der Waals surface area contributed by atoms with Gasteiger partial charge in [0.25, 0.3) is 0 Å². The monoisotopic (exact) mass is 529 g/mol. The highest BCUT2D eigenvalue weighted by Crippen LogP contribution is 2.41. The van der Waals surface area contributed by atoms with Gasteiger partial charge in [-0.25, -0.2) is 9.59 Å². The highest BCUT2D eigenvalue weighted by Gasteiger charge is 2.43. The van der Waals surface area contributed by atoms with E-state index in [0.717, 1.165) is 25.3 Å². The summed E-state index contributed by atoms with van der Waals surface area (Å²) in [5.41, 5.74) is 0. The predicted molar refractivity (Wildman–Crippen MR) is 148 cm³/mol. The summed E-state index contributed by atoms with van der Waals surface area (Å²) in [6, 6.07) is -1.10. The third kappa shape index (κ3) is 14.9. The van der Waals surface area contributed by atoms with Gasteiger partial charge in [0, 0.05) is 23.0 Å². The maximum absolute atomic E-state index is 12.0. The highest BCUT2D eigenvalue weighted by molar-refractivity contribution is 8.01. The van der Waals surface area contributed by atoms with Crippen molar-refractivity contribution in [2.45, 2.75) is 140 Å². The number of carboxylic acids is 2. The molecule has 0 aromatic rings. The Kier molecular flexibility index (Phi) is 18.7. The van der Waals surface area contributed by atoms with Gasteiger partial charge in [-0.1, -0.05) is 91.1 Å². The molecule has 0 aliphatic carbocycles. The van der Waals surface area contributed by atoms with Crippen molar-refractivity contribution in [3.05, 3.63) is 12.2 Å². The van der Waals surface area contributed by atoms with E-state index in [-0.39, 0.29) is 17.6 Å². The van der Waals surface area contributed by atoms with Crippen LogP contribution in [-0.4, -0.2) is 55.3 Å². The Morgan fingerprint density at radius 3 is 1.92 bits per heavy atom. The lowest BCUT2D eigenvalue weighted by Gasteiger charge is -2.40. The third-order valence-corrected chi connectivity index (χ3v) is 9.02. The second-order valence-electron chi connectivity index (χ2n) is 10.2. The summed E-state index contributed by atoms with van der Waals surface area (Å²) in [6.07, 6.45) is 15.6.